The molecule has 27 heavy (non-hydrogen) atoms. The molecule has 2 N–H and O–H groups in total. The van der Waals surface area contributed by atoms with Crippen molar-refractivity contribution < 1.29 is 9.53 Å². The molecule has 0 aliphatic carbocycles. The fourth-order valence-electron chi connectivity index (χ4n) is 1.78. The van der Waals surface area contributed by atoms with Gasteiger partial charge >= 0.3 is 5.97 Å². The number of pyridine rings is 1. The molecule has 2 heterocycles. The van der Waals surface area contributed by atoms with Gasteiger partial charge in [0.1, 0.15) is 6.61 Å². The molecule has 7 nitrogen and oxygen atoms in total. The maximum atomic E-state index is 11.8. The van der Waals surface area contributed by atoms with Crippen molar-refractivity contribution in [1.29, 1.82) is 0 Å². The van der Waals surface area contributed by atoms with E-state index in [1.807, 2.05) is 39.0 Å². The minimum absolute atomic E-state index is 0.142. The Morgan fingerprint density at radius 2 is 1.96 bits per heavy atom. The summed E-state index contributed by atoms with van der Waals surface area (Å²) >= 11 is 6.24. The first-order valence-corrected chi connectivity index (χ1v) is 10.1. The maximum Gasteiger partial charge on any atom is 0.316 e. The van der Waals surface area contributed by atoms with Crippen molar-refractivity contribution in [3.63, 3.8) is 0 Å². The van der Waals surface area contributed by atoms with Crippen molar-refractivity contribution in [2.24, 2.45) is 0 Å². The van der Waals surface area contributed by atoms with Gasteiger partial charge in [-0.3, -0.25) is 9.78 Å². The molecule has 0 bridgehead atoms. The van der Waals surface area contributed by atoms with Crippen molar-refractivity contribution >= 4 is 35.1 Å². The molecule has 0 unspecified atom stereocenters. The van der Waals surface area contributed by atoms with Crippen molar-refractivity contribution in [2.45, 2.75) is 25.9 Å². The van der Waals surface area contributed by atoms with Gasteiger partial charge in [0.25, 0.3) is 0 Å². The van der Waals surface area contributed by atoms with E-state index >= 15 is 0 Å². The number of esters is 1. The fourth-order valence-corrected chi connectivity index (χ4v) is 2.66. The van der Waals surface area contributed by atoms with Gasteiger partial charge in [0.2, 0.25) is 0 Å². The molecule has 146 valence electrons. The molecule has 0 saturated carbocycles. The minimum Gasteiger partial charge on any atom is -0.463 e. The van der Waals surface area contributed by atoms with Crippen LogP contribution < -0.4 is 10.6 Å². The van der Waals surface area contributed by atoms with Crippen LogP contribution >= 0.6 is 24.0 Å². The van der Waals surface area contributed by atoms with E-state index in [2.05, 4.69) is 25.6 Å². The molecule has 0 fully saturated rings. The Hall–Kier alpha value is -2.26. The number of rotatable bonds is 8. The first kappa shape index (κ1) is 22.8. The average Bonchev–Trinajstić information content (AvgIpc) is 2.72. The summed E-state index contributed by atoms with van der Waals surface area (Å²) in [5, 5.41) is 6.95. The predicted octanol–water partition coefficient (Wildman–Crippen LogP) is 2.68. The van der Waals surface area contributed by atoms with Crippen molar-refractivity contribution in [2.75, 3.05) is 25.4 Å². The van der Waals surface area contributed by atoms with E-state index in [4.69, 9.17) is 17.0 Å². The number of aromatic nitrogens is 3. The summed E-state index contributed by atoms with van der Waals surface area (Å²) < 4.78 is 5.13. The molecule has 0 atom stereocenters. The van der Waals surface area contributed by atoms with E-state index in [9.17, 15) is 4.79 Å². The second kappa shape index (κ2) is 13.9. The number of thiocarbonyl (C=S) groups is 1. The molecule has 0 amide bonds. The van der Waals surface area contributed by atoms with Gasteiger partial charge in [-0.05, 0) is 37.3 Å². The maximum absolute atomic E-state index is 11.8. The normalized spacial score (nSPS) is 9.59. The Kier molecular flexibility index (Phi) is 11.7. The van der Waals surface area contributed by atoms with Gasteiger partial charge in [-0.25, -0.2) is 9.97 Å². The third-order valence-corrected chi connectivity index (χ3v) is 3.99. The van der Waals surface area contributed by atoms with Crippen LogP contribution in [-0.4, -0.2) is 51.5 Å². The van der Waals surface area contributed by atoms with Crippen LogP contribution in [0.2, 0.25) is 0 Å². The van der Waals surface area contributed by atoms with E-state index in [1.165, 1.54) is 11.8 Å². The monoisotopic (exact) mass is 407 g/mol. The summed E-state index contributed by atoms with van der Waals surface area (Å²) in [4.78, 5) is 24.6. The second-order valence-electron chi connectivity index (χ2n) is 4.73. The highest BCUT2D eigenvalue weighted by Crippen LogP contribution is 2.18. The molecule has 0 aliphatic rings. The lowest BCUT2D eigenvalue weighted by molar-refractivity contribution is -0.140. The lowest BCUT2D eigenvalue weighted by Gasteiger charge is -2.09. The van der Waals surface area contributed by atoms with Gasteiger partial charge in [0.05, 0.1) is 23.7 Å². The highest BCUT2D eigenvalue weighted by molar-refractivity contribution is 7.99. The molecule has 2 aromatic rings. The van der Waals surface area contributed by atoms with Gasteiger partial charge < -0.3 is 15.4 Å². The number of nitrogens with one attached hydrogen (secondary N) is 2. The summed E-state index contributed by atoms with van der Waals surface area (Å²) in [5.74, 6) is -0.184. The van der Waals surface area contributed by atoms with Crippen LogP contribution in [-0.2, 0) is 9.53 Å². The molecule has 2 aromatic heterocycles. The average molecular weight is 408 g/mol. The molecule has 0 aromatic carbocycles. The summed E-state index contributed by atoms with van der Waals surface area (Å²) in [5.41, 5.74) is 1.48. The van der Waals surface area contributed by atoms with E-state index in [-0.39, 0.29) is 18.3 Å². The molecule has 0 spiro atoms. The van der Waals surface area contributed by atoms with Crippen molar-refractivity contribution in [3.8, 4) is 11.4 Å². The summed E-state index contributed by atoms with van der Waals surface area (Å²) in [6, 6.07) is 7.39. The molecule has 9 heteroatoms. The minimum atomic E-state index is -0.326. The second-order valence-corrected chi connectivity index (χ2v) is 6.09. The Bertz CT molecular complexity index is 701. The Balaban J connectivity index is 0.00000176. The van der Waals surface area contributed by atoms with E-state index in [0.29, 0.717) is 22.5 Å². The Labute approximate surface area is 169 Å². The largest absolute Gasteiger partial charge is 0.463 e. The van der Waals surface area contributed by atoms with Crippen LogP contribution in [0.15, 0.2) is 41.8 Å². The van der Waals surface area contributed by atoms with Crippen molar-refractivity contribution in [3.05, 3.63) is 36.7 Å². The van der Waals surface area contributed by atoms with Crippen LogP contribution in [0.4, 0.5) is 0 Å². The van der Waals surface area contributed by atoms with Crippen LogP contribution in [0.25, 0.3) is 11.4 Å². The molecular weight excluding hydrogens is 382 g/mol. The quantitative estimate of drug-likeness (QED) is 0.225. The zero-order valence-corrected chi connectivity index (χ0v) is 17.4. The molecule has 0 aliphatic heterocycles. The van der Waals surface area contributed by atoms with Crippen molar-refractivity contribution in [1.82, 2.24) is 25.6 Å². The van der Waals surface area contributed by atoms with Crippen LogP contribution in [0.1, 0.15) is 20.8 Å². The highest BCUT2D eigenvalue weighted by Gasteiger charge is 2.08. The summed E-state index contributed by atoms with van der Waals surface area (Å²) in [6.45, 7) is 7.42. The first-order chi connectivity index (χ1) is 13.2. The van der Waals surface area contributed by atoms with E-state index in [0.717, 1.165) is 12.2 Å². The summed E-state index contributed by atoms with van der Waals surface area (Å²) in [6.07, 6.45) is 3.35. The smallest absolute Gasteiger partial charge is 0.316 e. The van der Waals surface area contributed by atoms with Crippen LogP contribution in [0.3, 0.4) is 0 Å². The molecule has 0 radical (unpaired) electrons. The number of ether oxygens (including phenoxy) is 1. The molecular formula is C18H25N5O2S2. The number of nitrogens with zero attached hydrogens (tertiary/aromatic N) is 3. The predicted molar refractivity (Wildman–Crippen MR) is 113 cm³/mol. The number of carbonyl (C=O) groups is 1. The lowest BCUT2D eigenvalue weighted by atomic mass is 10.3. The Morgan fingerprint density at radius 3 is 2.67 bits per heavy atom. The van der Waals surface area contributed by atoms with Gasteiger partial charge in [0, 0.05) is 18.9 Å². The number of hydrogen-bond acceptors (Lipinski definition) is 7. The third kappa shape index (κ3) is 9.30. The Morgan fingerprint density at radius 1 is 1.15 bits per heavy atom. The van der Waals surface area contributed by atoms with Gasteiger partial charge in [0.15, 0.2) is 10.3 Å². The standard InChI is InChI=1S/C16H19N5O2S2.C2H6/c1-2-17-15(24)19-9-10-23-14(22)11-25-16-20-8-6-13(21-16)12-5-3-4-7-18-12;1-2/h3-8H,2,9-11H2,1H3,(H2,17,19,24);1-2H3. The van der Waals surface area contributed by atoms with Crippen LogP contribution in [0.5, 0.6) is 0 Å². The van der Waals surface area contributed by atoms with E-state index in [1.54, 1.807) is 18.5 Å². The van der Waals surface area contributed by atoms with Gasteiger partial charge in [-0.15, -0.1) is 0 Å². The fraction of sp³-hybridized carbons (Fsp3) is 0.389. The summed E-state index contributed by atoms with van der Waals surface area (Å²) in [7, 11) is 0. The molecule has 0 saturated heterocycles. The lowest BCUT2D eigenvalue weighted by Crippen LogP contribution is -2.37. The zero-order valence-electron chi connectivity index (χ0n) is 15.8. The van der Waals surface area contributed by atoms with Gasteiger partial charge in [-0.2, -0.15) is 0 Å². The number of carbonyl (C=O) groups excluding carboxylic acids is 1. The first-order valence-electron chi connectivity index (χ1n) is 8.73. The van der Waals surface area contributed by atoms with Crippen LogP contribution in [0, 0.1) is 0 Å². The number of thioether (sulfide) groups is 1. The van der Waals surface area contributed by atoms with E-state index < -0.39 is 0 Å². The third-order valence-electron chi connectivity index (χ3n) is 2.87. The SMILES string of the molecule is CC.CCNC(=S)NCCOC(=O)CSc1nccc(-c2ccccn2)n1. The van der Waals surface area contributed by atoms with Gasteiger partial charge in [-0.1, -0.05) is 31.7 Å². The highest BCUT2D eigenvalue weighted by atomic mass is 32.2. The molecule has 2 rings (SSSR count). The zero-order chi connectivity index (χ0) is 19.9. The number of hydrogen-bond donors (Lipinski definition) is 2. The topological polar surface area (TPSA) is 89.0 Å².